The molecule has 0 saturated carbocycles. The smallest absolute Gasteiger partial charge is 0.165 e. The number of aldehydes is 1. The van der Waals surface area contributed by atoms with Crippen LogP contribution >= 0.6 is 11.6 Å². The molecule has 1 aliphatic heterocycles. The summed E-state index contributed by atoms with van der Waals surface area (Å²) in [7, 11) is 0. The number of hydrogen-bond acceptors (Lipinski definition) is 3. The van der Waals surface area contributed by atoms with E-state index in [1.165, 1.54) is 0 Å². The largest absolute Gasteiger partial charge is 0.354 e. The molecule has 0 aromatic heterocycles. The second-order valence-electron chi connectivity index (χ2n) is 3.16. The van der Waals surface area contributed by atoms with Crippen LogP contribution in [0.5, 0.6) is 0 Å². The van der Waals surface area contributed by atoms with E-state index in [0.29, 0.717) is 11.6 Å². The number of ether oxygens (including phenoxy) is 1. The molecule has 14 heavy (non-hydrogen) atoms. The summed E-state index contributed by atoms with van der Waals surface area (Å²) >= 11 is 5.86. The second-order valence-corrected chi connectivity index (χ2v) is 3.60. The first-order chi connectivity index (χ1) is 6.79. The quantitative estimate of drug-likeness (QED) is 0.754. The summed E-state index contributed by atoms with van der Waals surface area (Å²) in [6, 6.07) is 7.59. The second kappa shape index (κ2) is 4.09. The Hall–Kier alpha value is -0.900. The van der Waals surface area contributed by atoms with Gasteiger partial charge < -0.3 is 4.74 Å². The lowest BCUT2D eigenvalue weighted by molar-refractivity contribution is -0.116. The van der Waals surface area contributed by atoms with E-state index in [1.54, 1.807) is 0 Å². The standard InChI is InChI=1S/C10H10ClNO2/c11-8-3-1-2-7(4-8)9-6-14-10(5-13)12-9/h1-5,9-10,12H,6H2/t9-,10?/m0/s1. The zero-order valence-corrected chi connectivity index (χ0v) is 8.20. The van der Waals surface area contributed by atoms with Gasteiger partial charge in [0.2, 0.25) is 0 Å². The van der Waals surface area contributed by atoms with Crippen LogP contribution in [0.15, 0.2) is 24.3 Å². The first kappa shape index (κ1) is 9.65. The van der Waals surface area contributed by atoms with Crippen molar-refractivity contribution in [2.24, 2.45) is 0 Å². The van der Waals surface area contributed by atoms with Gasteiger partial charge in [-0.1, -0.05) is 23.7 Å². The van der Waals surface area contributed by atoms with Crippen LogP contribution in [0.2, 0.25) is 5.02 Å². The summed E-state index contributed by atoms with van der Waals surface area (Å²) in [5.41, 5.74) is 1.04. The lowest BCUT2D eigenvalue weighted by atomic mass is 10.1. The van der Waals surface area contributed by atoms with Crippen LogP contribution in [0, 0.1) is 0 Å². The molecule has 0 radical (unpaired) electrons. The molecule has 1 aromatic carbocycles. The third-order valence-corrected chi connectivity index (χ3v) is 2.42. The van der Waals surface area contributed by atoms with Gasteiger partial charge in [-0.05, 0) is 17.7 Å². The molecule has 0 amide bonds. The van der Waals surface area contributed by atoms with E-state index in [4.69, 9.17) is 16.3 Å². The van der Waals surface area contributed by atoms with Crippen LogP contribution < -0.4 is 5.32 Å². The minimum absolute atomic E-state index is 0.0592. The maximum absolute atomic E-state index is 10.4. The van der Waals surface area contributed by atoms with Crippen LogP contribution in [-0.2, 0) is 9.53 Å². The summed E-state index contributed by atoms with van der Waals surface area (Å²) in [6.07, 6.45) is 0.267. The zero-order valence-electron chi connectivity index (χ0n) is 7.44. The number of carbonyl (C=O) groups excluding carboxylic acids is 1. The van der Waals surface area contributed by atoms with E-state index >= 15 is 0 Å². The highest BCUT2D eigenvalue weighted by Crippen LogP contribution is 2.21. The van der Waals surface area contributed by atoms with Crippen molar-refractivity contribution in [2.45, 2.75) is 12.3 Å². The van der Waals surface area contributed by atoms with Gasteiger partial charge in [0.05, 0.1) is 12.6 Å². The minimum atomic E-state index is -0.487. The molecule has 4 heteroatoms. The Kier molecular flexibility index (Phi) is 2.82. The van der Waals surface area contributed by atoms with Crippen LogP contribution in [0.4, 0.5) is 0 Å². The average Bonchev–Trinajstić information content (AvgIpc) is 2.66. The first-order valence-electron chi connectivity index (χ1n) is 4.38. The highest BCUT2D eigenvalue weighted by molar-refractivity contribution is 6.30. The van der Waals surface area contributed by atoms with Crippen molar-refractivity contribution in [1.82, 2.24) is 5.32 Å². The van der Waals surface area contributed by atoms with Crippen LogP contribution in [0.3, 0.4) is 0 Å². The molecule has 1 aromatic rings. The molecule has 0 aliphatic carbocycles. The molecule has 1 fully saturated rings. The normalized spacial score (nSPS) is 26.4. The molecule has 3 nitrogen and oxygen atoms in total. The van der Waals surface area contributed by atoms with Gasteiger partial charge in [0.15, 0.2) is 12.5 Å². The number of hydrogen-bond donors (Lipinski definition) is 1. The molecule has 1 heterocycles. The van der Waals surface area contributed by atoms with Gasteiger partial charge in [-0.3, -0.25) is 10.1 Å². The lowest BCUT2D eigenvalue weighted by Crippen LogP contribution is -2.26. The van der Waals surface area contributed by atoms with E-state index in [0.717, 1.165) is 11.8 Å². The lowest BCUT2D eigenvalue weighted by Gasteiger charge is -2.09. The summed E-state index contributed by atoms with van der Waals surface area (Å²) in [4.78, 5) is 10.4. The fourth-order valence-corrected chi connectivity index (χ4v) is 1.69. The van der Waals surface area contributed by atoms with Crippen molar-refractivity contribution in [1.29, 1.82) is 0 Å². The number of benzene rings is 1. The molecule has 1 aliphatic rings. The Morgan fingerprint density at radius 3 is 3.07 bits per heavy atom. The maximum atomic E-state index is 10.4. The van der Waals surface area contributed by atoms with Crippen molar-refractivity contribution < 1.29 is 9.53 Å². The number of nitrogens with one attached hydrogen (secondary N) is 1. The Labute approximate surface area is 87.0 Å². The van der Waals surface area contributed by atoms with Crippen molar-refractivity contribution in [3.05, 3.63) is 34.9 Å². The molecule has 2 rings (SSSR count). The predicted octanol–water partition coefficient (Wildman–Crippen LogP) is 1.53. The van der Waals surface area contributed by atoms with E-state index in [1.807, 2.05) is 24.3 Å². The average molecular weight is 212 g/mol. The van der Waals surface area contributed by atoms with Gasteiger partial charge in [0.1, 0.15) is 0 Å². The third kappa shape index (κ3) is 1.95. The Morgan fingerprint density at radius 1 is 1.57 bits per heavy atom. The Morgan fingerprint density at radius 2 is 2.43 bits per heavy atom. The Bertz CT molecular complexity index is 343. The molecule has 1 unspecified atom stereocenters. The van der Waals surface area contributed by atoms with Crippen molar-refractivity contribution in [3.63, 3.8) is 0 Å². The van der Waals surface area contributed by atoms with Gasteiger partial charge in [-0.15, -0.1) is 0 Å². The molecule has 1 saturated heterocycles. The van der Waals surface area contributed by atoms with E-state index in [2.05, 4.69) is 5.32 Å². The van der Waals surface area contributed by atoms with Gasteiger partial charge in [-0.25, -0.2) is 0 Å². The molecule has 2 atom stereocenters. The predicted molar refractivity (Wildman–Crippen MR) is 53.1 cm³/mol. The maximum Gasteiger partial charge on any atom is 0.165 e. The van der Waals surface area contributed by atoms with Crippen molar-refractivity contribution in [3.8, 4) is 0 Å². The summed E-state index contributed by atoms with van der Waals surface area (Å²) in [5, 5.41) is 3.73. The molecule has 1 N–H and O–H groups in total. The fourth-order valence-electron chi connectivity index (χ4n) is 1.49. The van der Waals surface area contributed by atoms with Crippen LogP contribution in [0.25, 0.3) is 0 Å². The van der Waals surface area contributed by atoms with Crippen molar-refractivity contribution in [2.75, 3.05) is 6.61 Å². The first-order valence-corrected chi connectivity index (χ1v) is 4.76. The van der Waals surface area contributed by atoms with Gasteiger partial charge in [0, 0.05) is 5.02 Å². The third-order valence-electron chi connectivity index (χ3n) is 2.18. The zero-order chi connectivity index (χ0) is 9.97. The SMILES string of the molecule is O=CC1N[C@H](c2cccc(Cl)c2)CO1. The fraction of sp³-hybridized carbons (Fsp3) is 0.300. The molecule has 74 valence electrons. The number of halogens is 1. The highest BCUT2D eigenvalue weighted by atomic mass is 35.5. The van der Waals surface area contributed by atoms with Gasteiger partial charge >= 0.3 is 0 Å². The summed E-state index contributed by atoms with van der Waals surface area (Å²) in [5.74, 6) is 0. The number of rotatable bonds is 2. The molecular weight excluding hydrogens is 202 g/mol. The van der Waals surface area contributed by atoms with Crippen molar-refractivity contribution >= 4 is 17.9 Å². The van der Waals surface area contributed by atoms with E-state index in [-0.39, 0.29) is 6.04 Å². The van der Waals surface area contributed by atoms with E-state index < -0.39 is 6.23 Å². The van der Waals surface area contributed by atoms with Gasteiger partial charge in [0.25, 0.3) is 0 Å². The van der Waals surface area contributed by atoms with Gasteiger partial charge in [-0.2, -0.15) is 0 Å². The van der Waals surface area contributed by atoms with E-state index in [9.17, 15) is 4.79 Å². The number of carbonyl (C=O) groups is 1. The topological polar surface area (TPSA) is 38.3 Å². The highest BCUT2D eigenvalue weighted by Gasteiger charge is 2.24. The summed E-state index contributed by atoms with van der Waals surface area (Å²) < 4.78 is 5.19. The minimum Gasteiger partial charge on any atom is -0.354 e. The summed E-state index contributed by atoms with van der Waals surface area (Å²) in [6.45, 7) is 0.504. The Balaban J connectivity index is 2.13. The molecule has 0 bridgehead atoms. The molecule has 0 spiro atoms. The monoisotopic (exact) mass is 211 g/mol. The van der Waals surface area contributed by atoms with Crippen LogP contribution in [-0.4, -0.2) is 19.1 Å². The molecular formula is C10H10ClNO2. The van der Waals surface area contributed by atoms with Crippen LogP contribution in [0.1, 0.15) is 11.6 Å².